The molecule has 0 saturated heterocycles. The van der Waals surface area contributed by atoms with Crippen molar-refractivity contribution in [1.82, 2.24) is 14.6 Å². The van der Waals surface area contributed by atoms with Gasteiger partial charge in [-0.1, -0.05) is 13.3 Å². The van der Waals surface area contributed by atoms with Crippen molar-refractivity contribution in [2.45, 2.75) is 37.6 Å². The van der Waals surface area contributed by atoms with Gasteiger partial charge >= 0.3 is 0 Å². The minimum absolute atomic E-state index is 0.358. The molecule has 2 unspecified atom stereocenters. The van der Waals surface area contributed by atoms with Gasteiger partial charge in [0.2, 0.25) is 10.0 Å². The minimum atomic E-state index is -3.38. The number of nitrogens with one attached hydrogen (secondary N) is 2. The SMILES string of the molecule is CNCc1cc(S(=O)(=O)NCC2CCC(C)C2)cn1C. The lowest BCUT2D eigenvalue weighted by Gasteiger charge is -2.10. The Bertz CT molecular complexity index is 551. The first kappa shape index (κ1) is 15.5. The van der Waals surface area contributed by atoms with Gasteiger partial charge in [-0.15, -0.1) is 0 Å². The predicted molar refractivity (Wildman–Crippen MR) is 79.9 cm³/mol. The lowest BCUT2D eigenvalue weighted by molar-refractivity contribution is 0.498. The Morgan fingerprint density at radius 3 is 2.75 bits per heavy atom. The smallest absolute Gasteiger partial charge is 0.242 e. The van der Waals surface area contributed by atoms with E-state index in [1.807, 2.05) is 18.7 Å². The van der Waals surface area contributed by atoms with E-state index < -0.39 is 10.0 Å². The lowest BCUT2D eigenvalue weighted by atomic mass is 10.1. The van der Waals surface area contributed by atoms with Crippen molar-refractivity contribution in [3.8, 4) is 0 Å². The Morgan fingerprint density at radius 2 is 2.15 bits per heavy atom. The zero-order valence-corrected chi connectivity index (χ0v) is 13.3. The lowest BCUT2D eigenvalue weighted by Crippen LogP contribution is -2.28. The number of hydrogen-bond donors (Lipinski definition) is 2. The van der Waals surface area contributed by atoms with E-state index in [0.29, 0.717) is 23.9 Å². The molecule has 1 aromatic heterocycles. The standard InChI is InChI=1S/C14H25N3O2S/c1-11-4-5-12(6-11)8-16-20(18,19)14-7-13(9-15-2)17(3)10-14/h7,10-12,15-16H,4-6,8-9H2,1-3H3. The summed E-state index contributed by atoms with van der Waals surface area (Å²) in [6.07, 6.45) is 5.14. The Kier molecular flexibility index (Phi) is 4.88. The second kappa shape index (κ2) is 6.28. The Morgan fingerprint density at radius 1 is 1.40 bits per heavy atom. The molecule has 0 bridgehead atoms. The van der Waals surface area contributed by atoms with Gasteiger partial charge in [0.15, 0.2) is 0 Å². The largest absolute Gasteiger partial charge is 0.352 e. The van der Waals surface area contributed by atoms with Crippen LogP contribution in [-0.4, -0.2) is 26.6 Å². The summed E-state index contributed by atoms with van der Waals surface area (Å²) in [6, 6.07) is 1.73. The molecule has 1 aliphatic rings. The predicted octanol–water partition coefficient (Wildman–Crippen LogP) is 1.46. The van der Waals surface area contributed by atoms with Crippen LogP contribution in [0.5, 0.6) is 0 Å². The van der Waals surface area contributed by atoms with Crippen LogP contribution in [0.25, 0.3) is 0 Å². The fourth-order valence-corrected chi connectivity index (χ4v) is 4.11. The normalized spacial score (nSPS) is 23.4. The molecule has 20 heavy (non-hydrogen) atoms. The summed E-state index contributed by atoms with van der Waals surface area (Å²) in [6.45, 7) is 3.45. The van der Waals surface area contributed by atoms with Crippen molar-refractivity contribution in [2.75, 3.05) is 13.6 Å². The highest BCUT2D eigenvalue weighted by atomic mass is 32.2. The third-order valence-electron chi connectivity index (χ3n) is 4.12. The van der Waals surface area contributed by atoms with Gasteiger partial charge in [0.05, 0.1) is 4.90 Å². The molecule has 0 amide bonds. The average Bonchev–Trinajstić information content (AvgIpc) is 2.95. The second-order valence-corrected chi connectivity index (χ2v) is 7.71. The fraction of sp³-hybridized carbons (Fsp3) is 0.714. The van der Waals surface area contributed by atoms with E-state index >= 15 is 0 Å². The van der Waals surface area contributed by atoms with Crippen LogP contribution in [0.4, 0.5) is 0 Å². The Balaban J connectivity index is 2.01. The molecule has 1 heterocycles. The molecule has 1 aromatic rings. The van der Waals surface area contributed by atoms with E-state index in [9.17, 15) is 8.42 Å². The highest BCUT2D eigenvalue weighted by Gasteiger charge is 2.24. The van der Waals surface area contributed by atoms with Crippen LogP contribution in [0.15, 0.2) is 17.2 Å². The second-order valence-electron chi connectivity index (χ2n) is 5.94. The third kappa shape index (κ3) is 3.62. The van der Waals surface area contributed by atoms with E-state index in [-0.39, 0.29) is 0 Å². The first-order valence-electron chi connectivity index (χ1n) is 7.22. The monoisotopic (exact) mass is 299 g/mol. The zero-order valence-electron chi connectivity index (χ0n) is 12.5. The van der Waals surface area contributed by atoms with Gasteiger partial charge < -0.3 is 9.88 Å². The number of rotatable bonds is 6. The van der Waals surface area contributed by atoms with E-state index in [1.54, 1.807) is 12.3 Å². The van der Waals surface area contributed by atoms with Crippen LogP contribution in [-0.2, 0) is 23.6 Å². The third-order valence-corrected chi connectivity index (χ3v) is 5.51. The molecule has 0 aromatic carbocycles. The van der Waals surface area contributed by atoms with Gasteiger partial charge in [0, 0.05) is 32.0 Å². The van der Waals surface area contributed by atoms with Gasteiger partial charge in [0.25, 0.3) is 0 Å². The van der Waals surface area contributed by atoms with Crippen molar-refractivity contribution in [3.05, 3.63) is 18.0 Å². The molecule has 1 fully saturated rings. The van der Waals surface area contributed by atoms with E-state index in [2.05, 4.69) is 17.0 Å². The maximum atomic E-state index is 12.3. The van der Waals surface area contributed by atoms with Gasteiger partial charge in [-0.25, -0.2) is 13.1 Å². The van der Waals surface area contributed by atoms with Crippen LogP contribution in [0.2, 0.25) is 0 Å². The molecule has 2 rings (SSSR count). The van der Waals surface area contributed by atoms with E-state index in [1.165, 1.54) is 6.42 Å². The summed E-state index contributed by atoms with van der Waals surface area (Å²) in [5.41, 5.74) is 0.961. The van der Waals surface area contributed by atoms with Crippen molar-refractivity contribution < 1.29 is 8.42 Å². The number of aryl methyl sites for hydroxylation is 1. The maximum absolute atomic E-state index is 12.3. The number of nitrogens with zero attached hydrogens (tertiary/aromatic N) is 1. The van der Waals surface area contributed by atoms with Gasteiger partial charge in [-0.3, -0.25) is 0 Å². The van der Waals surface area contributed by atoms with Crippen LogP contribution in [0.1, 0.15) is 31.9 Å². The molecule has 0 spiro atoms. The first-order valence-corrected chi connectivity index (χ1v) is 8.70. The topological polar surface area (TPSA) is 63.1 Å². The summed E-state index contributed by atoms with van der Waals surface area (Å²) in [5, 5.41) is 3.04. The fourth-order valence-electron chi connectivity index (χ4n) is 2.90. The van der Waals surface area contributed by atoms with Crippen molar-refractivity contribution in [1.29, 1.82) is 0 Å². The zero-order chi connectivity index (χ0) is 14.8. The summed E-state index contributed by atoms with van der Waals surface area (Å²) >= 11 is 0. The Hall–Kier alpha value is -0.850. The number of hydrogen-bond acceptors (Lipinski definition) is 3. The highest BCUT2D eigenvalue weighted by molar-refractivity contribution is 7.89. The van der Waals surface area contributed by atoms with Gasteiger partial charge in [-0.05, 0) is 37.8 Å². The van der Waals surface area contributed by atoms with E-state index in [0.717, 1.165) is 24.5 Å². The molecule has 1 saturated carbocycles. The molecular weight excluding hydrogens is 274 g/mol. The number of sulfonamides is 1. The molecule has 114 valence electrons. The van der Waals surface area contributed by atoms with E-state index in [4.69, 9.17) is 0 Å². The molecule has 5 nitrogen and oxygen atoms in total. The van der Waals surface area contributed by atoms with Crippen molar-refractivity contribution in [3.63, 3.8) is 0 Å². The molecular formula is C14H25N3O2S. The maximum Gasteiger partial charge on any atom is 0.242 e. The van der Waals surface area contributed by atoms with Gasteiger partial charge in [-0.2, -0.15) is 0 Å². The van der Waals surface area contributed by atoms with Crippen LogP contribution >= 0.6 is 0 Å². The first-order chi connectivity index (χ1) is 9.42. The number of aromatic nitrogens is 1. The van der Waals surface area contributed by atoms with Gasteiger partial charge in [0.1, 0.15) is 0 Å². The summed E-state index contributed by atoms with van der Waals surface area (Å²) in [4.78, 5) is 0.358. The molecule has 2 N–H and O–H groups in total. The molecule has 2 atom stereocenters. The summed E-state index contributed by atoms with van der Waals surface area (Å²) < 4.78 is 29.2. The van der Waals surface area contributed by atoms with Crippen molar-refractivity contribution in [2.24, 2.45) is 18.9 Å². The van der Waals surface area contributed by atoms with Crippen LogP contribution < -0.4 is 10.0 Å². The molecule has 0 radical (unpaired) electrons. The minimum Gasteiger partial charge on any atom is -0.352 e. The van der Waals surface area contributed by atoms with Crippen LogP contribution in [0, 0.1) is 11.8 Å². The van der Waals surface area contributed by atoms with Crippen molar-refractivity contribution >= 4 is 10.0 Å². The summed E-state index contributed by atoms with van der Waals surface area (Å²) in [5.74, 6) is 1.21. The Labute approximate surface area is 121 Å². The molecule has 6 heteroatoms. The molecule has 0 aliphatic heterocycles. The highest BCUT2D eigenvalue weighted by Crippen LogP contribution is 2.29. The summed E-state index contributed by atoms with van der Waals surface area (Å²) in [7, 11) is 0.329. The average molecular weight is 299 g/mol. The quantitative estimate of drug-likeness (QED) is 0.836. The van der Waals surface area contributed by atoms with Crippen LogP contribution in [0.3, 0.4) is 0 Å². The molecule has 1 aliphatic carbocycles.